The van der Waals surface area contributed by atoms with Crippen molar-refractivity contribution in [1.82, 2.24) is 5.32 Å². The number of rotatable bonds is 4. The lowest BCUT2D eigenvalue weighted by molar-refractivity contribution is 0.401. The second kappa shape index (κ2) is 5.65. The fourth-order valence-electron chi connectivity index (χ4n) is 2.13. The lowest BCUT2D eigenvalue weighted by atomic mass is 10.1. The van der Waals surface area contributed by atoms with Crippen LogP contribution in [0, 0.1) is 0 Å². The fourth-order valence-corrected chi connectivity index (χ4v) is 3.29. The Kier molecular flexibility index (Phi) is 4.18. The van der Waals surface area contributed by atoms with Gasteiger partial charge in [-0.3, -0.25) is 0 Å². The molecule has 0 aromatic heterocycles. The molecule has 0 saturated carbocycles. The minimum absolute atomic E-state index is 0.171. The molecule has 2 atom stereocenters. The van der Waals surface area contributed by atoms with E-state index in [1.807, 2.05) is 23.9 Å². The minimum Gasteiger partial charge on any atom is -0.507 e. The highest BCUT2D eigenvalue weighted by Gasteiger charge is 2.19. The number of nitrogens with one attached hydrogen (secondary N) is 1. The van der Waals surface area contributed by atoms with E-state index >= 15 is 0 Å². The van der Waals surface area contributed by atoms with Gasteiger partial charge in [-0.25, -0.2) is 0 Å². The zero-order valence-corrected chi connectivity index (χ0v) is 11.1. The molecule has 3 nitrogen and oxygen atoms in total. The third kappa shape index (κ3) is 3.07. The van der Waals surface area contributed by atoms with Crippen molar-refractivity contribution >= 4 is 11.8 Å². The summed E-state index contributed by atoms with van der Waals surface area (Å²) in [6.45, 7) is 2.09. The summed E-state index contributed by atoms with van der Waals surface area (Å²) in [5, 5.41) is 13.5. The summed E-state index contributed by atoms with van der Waals surface area (Å²) in [6, 6.07) is 6.21. The molecule has 1 heterocycles. The predicted octanol–water partition coefficient (Wildman–Crippen LogP) is 2.56. The number of hydrogen-bond donors (Lipinski definition) is 2. The molecule has 0 spiro atoms. The molecule has 1 saturated heterocycles. The maximum absolute atomic E-state index is 9.94. The number of aromatic hydroxyl groups is 1. The monoisotopic (exact) mass is 253 g/mol. The van der Waals surface area contributed by atoms with Crippen molar-refractivity contribution in [1.29, 1.82) is 0 Å². The molecular formula is C13H19NO2S. The van der Waals surface area contributed by atoms with Gasteiger partial charge < -0.3 is 15.2 Å². The van der Waals surface area contributed by atoms with Gasteiger partial charge in [0, 0.05) is 29.5 Å². The Labute approximate surface area is 107 Å². The van der Waals surface area contributed by atoms with Gasteiger partial charge in [0.25, 0.3) is 0 Å². The summed E-state index contributed by atoms with van der Waals surface area (Å²) < 4.78 is 5.08. The van der Waals surface area contributed by atoms with Crippen LogP contribution in [-0.2, 0) is 0 Å². The average Bonchev–Trinajstić information content (AvgIpc) is 2.81. The Morgan fingerprint density at radius 1 is 1.53 bits per heavy atom. The highest BCUT2D eigenvalue weighted by molar-refractivity contribution is 7.99. The topological polar surface area (TPSA) is 41.5 Å². The Hall–Kier alpha value is -0.870. The summed E-state index contributed by atoms with van der Waals surface area (Å²) in [4.78, 5) is 0. The van der Waals surface area contributed by atoms with Gasteiger partial charge in [-0.1, -0.05) is 6.07 Å². The Morgan fingerprint density at radius 2 is 2.35 bits per heavy atom. The molecule has 0 bridgehead atoms. The smallest absolute Gasteiger partial charge is 0.124 e. The normalized spacial score (nSPS) is 21.4. The molecular weight excluding hydrogens is 234 g/mol. The first-order chi connectivity index (χ1) is 8.20. The van der Waals surface area contributed by atoms with Crippen LogP contribution >= 0.6 is 11.8 Å². The molecule has 2 unspecified atom stereocenters. The van der Waals surface area contributed by atoms with E-state index in [2.05, 4.69) is 12.2 Å². The molecule has 0 aliphatic carbocycles. The van der Waals surface area contributed by atoms with Crippen LogP contribution in [0.15, 0.2) is 18.2 Å². The molecule has 1 fully saturated rings. The Morgan fingerprint density at radius 3 is 2.94 bits per heavy atom. The molecule has 0 radical (unpaired) electrons. The van der Waals surface area contributed by atoms with Crippen molar-refractivity contribution in [2.45, 2.75) is 25.4 Å². The SMILES string of the molecule is COc1ccc(C(C)NC2CCSC2)c(O)c1. The predicted molar refractivity (Wildman–Crippen MR) is 71.9 cm³/mol. The van der Waals surface area contributed by atoms with E-state index in [1.54, 1.807) is 13.2 Å². The van der Waals surface area contributed by atoms with Crippen LogP contribution in [-0.4, -0.2) is 29.8 Å². The van der Waals surface area contributed by atoms with Crippen molar-refractivity contribution in [2.75, 3.05) is 18.6 Å². The van der Waals surface area contributed by atoms with Crippen LogP contribution in [0.25, 0.3) is 0 Å². The lowest BCUT2D eigenvalue weighted by Crippen LogP contribution is -2.31. The van der Waals surface area contributed by atoms with Crippen molar-refractivity contribution in [3.63, 3.8) is 0 Å². The number of hydrogen-bond acceptors (Lipinski definition) is 4. The Balaban J connectivity index is 2.04. The van der Waals surface area contributed by atoms with E-state index in [0.717, 1.165) is 5.56 Å². The van der Waals surface area contributed by atoms with Crippen LogP contribution in [0.2, 0.25) is 0 Å². The van der Waals surface area contributed by atoms with Crippen LogP contribution in [0.1, 0.15) is 24.9 Å². The minimum atomic E-state index is 0.171. The van der Waals surface area contributed by atoms with Crippen molar-refractivity contribution in [3.8, 4) is 11.5 Å². The van der Waals surface area contributed by atoms with Crippen LogP contribution in [0.4, 0.5) is 0 Å². The zero-order valence-electron chi connectivity index (χ0n) is 10.3. The lowest BCUT2D eigenvalue weighted by Gasteiger charge is -2.20. The first-order valence-electron chi connectivity index (χ1n) is 5.91. The summed E-state index contributed by atoms with van der Waals surface area (Å²) in [6.07, 6.45) is 1.21. The average molecular weight is 253 g/mol. The molecule has 2 rings (SSSR count). The van der Waals surface area contributed by atoms with Gasteiger partial charge >= 0.3 is 0 Å². The molecule has 0 amide bonds. The fraction of sp³-hybridized carbons (Fsp3) is 0.538. The number of ether oxygens (including phenoxy) is 1. The van der Waals surface area contributed by atoms with Crippen molar-refractivity contribution in [3.05, 3.63) is 23.8 Å². The molecule has 1 aromatic carbocycles. The molecule has 1 aliphatic heterocycles. The van der Waals surface area contributed by atoms with Gasteiger partial charge in [0.15, 0.2) is 0 Å². The summed E-state index contributed by atoms with van der Waals surface area (Å²) >= 11 is 1.98. The largest absolute Gasteiger partial charge is 0.507 e. The first kappa shape index (κ1) is 12.6. The quantitative estimate of drug-likeness (QED) is 0.865. The number of benzene rings is 1. The van der Waals surface area contributed by atoms with Crippen molar-refractivity contribution < 1.29 is 9.84 Å². The standard InChI is InChI=1S/C13H19NO2S/c1-9(14-10-5-6-17-8-10)12-4-3-11(16-2)7-13(12)15/h3-4,7,9-10,14-15H,5-6,8H2,1-2H3. The highest BCUT2D eigenvalue weighted by atomic mass is 32.2. The van der Waals surface area contributed by atoms with Crippen LogP contribution in [0.3, 0.4) is 0 Å². The van der Waals surface area contributed by atoms with Gasteiger partial charge in [0.05, 0.1) is 7.11 Å². The third-order valence-corrected chi connectivity index (χ3v) is 4.28. The second-order valence-corrected chi connectivity index (χ2v) is 5.52. The highest BCUT2D eigenvalue weighted by Crippen LogP contribution is 2.29. The van der Waals surface area contributed by atoms with E-state index in [-0.39, 0.29) is 6.04 Å². The molecule has 4 heteroatoms. The van der Waals surface area contributed by atoms with Crippen molar-refractivity contribution in [2.24, 2.45) is 0 Å². The molecule has 2 N–H and O–H groups in total. The zero-order chi connectivity index (χ0) is 12.3. The van der Waals surface area contributed by atoms with E-state index < -0.39 is 0 Å². The number of phenolic OH excluding ortho intramolecular Hbond substituents is 1. The molecule has 94 valence electrons. The maximum Gasteiger partial charge on any atom is 0.124 e. The number of thioether (sulfide) groups is 1. The summed E-state index contributed by atoms with van der Waals surface area (Å²) in [5.41, 5.74) is 0.933. The van der Waals surface area contributed by atoms with Gasteiger partial charge in [-0.15, -0.1) is 0 Å². The van der Waals surface area contributed by atoms with E-state index in [4.69, 9.17) is 4.74 Å². The molecule has 1 aliphatic rings. The Bertz CT molecular complexity index is 378. The molecule has 17 heavy (non-hydrogen) atoms. The third-order valence-electron chi connectivity index (χ3n) is 3.12. The van der Waals surface area contributed by atoms with E-state index in [1.165, 1.54) is 17.9 Å². The summed E-state index contributed by atoms with van der Waals surface area (Å²) in [7, 11) is 1.60. The van der Waals surface area contributed by atoms with Crippen LogP contribution < -0.4 is 10.1 Å². The second-order valence-electron chi connectivity index (χ2n) is 4.37. The van der Waals surface area contributed by atoms with E-state index in [9.17, 15) is 5.11 Å². The van der Waals surface area contributed by atoms with Gasteiger partial charge in [0.1, 0.15) is 11.5 Å². The maximum atomic E-state index is 9.94. The van der Waals surface area contributed by atoms with Gasteiger partial charge in [-0.2, -0.15) is 11.8 Å². The van der Waals surface area contributed by atoms with Gasteiger partial charge in [0.2, 0.25) is 0 Å². The van der Waals surface area contributed by atoms with E-state index in [0.29, 0.717) is 17.5 Å². The summed E-state index contributed by atoms with van der Waals surface area (Å²) in [5.74, 6) is 3.39. The van der Waals surface area contributed by atoms with Crippen LogP contribution in [0.5, 0.6) is 11.5 Å². The number of phenols is 1. The number of methoxy groups -OCH3 is 1. The first-order valence-corrected chi connectivity index (χ1v) is 7.07. The van der Waals surface area contributed by atoms with Gasteiger partial charge in [-0.05, 0) is 25.2 Å². The molecule has 1 aromatic rings.